The quantitative estimate of drug-likeness (QED) is 0.681. The van der Waals surface area contributed by atoms with Crippen molar-refractivity contribution in [1.82, 2.24) is 0 Å². The highest BCUT2D eigenvalue weighted by Gasteiger charge is 2.38. The lowest BCUT2D eigenvalue weighted by molar-refractivity contribution is 0.475. The van der Waals surface area contributed by atoms with Gasteiger partial charge in [-0.2, -0.15) is 5.26 Å². The number of nitriles is 1. The zero-order chi connectivity index (χ0) is 8.55. The maximum Gasteiger partial charge on any atom is 0.115 e. The summed E-state index contributed by atoms with van der Waals surface area (Å²) in [4.78, 5) is 0. The second kappa shape index (κ2) is 2.53. The fourth-order valence-electron chi connectivity index (χ4n) is 1.43. The van der Waals surface area contributed by atoms with Crippen molar-refractivity contribution >= 4 is 0 Å². The number of hydrogen-bond donors (Lipinski definition) is 1. The third-order valence-corrected chi connectivity index (χ3v) is 2.28. The van der Waals surface area contributed by atoms with Crippen LogP contribution < -0.4 is 0 Å². The molecule has 2 heteroatoms. The monoisotopic (exact) mass is 159 g/mol. The predicted molar refractivity (Wildman–Crippen MR) is 44.6 cm³/mol. The number of phenols is 1. The molecule has 1 saturated carbocycles. The molecule has 1 N–H and O–H groups in total. The van der Waals surface area contributed by atoms with Crippen LogP contribution in [-0.4, -0.2) is 5.11 Å². The molecule has 1 aliphatic rings. The lowest BCUT2D eigenvalue weighted by Crippen LogP contribution is -1.79. The SMILES string of the molecule is N#CC1CC1c1ccc(O)cc1. The molecule has 2 unspecified atom stereocenters. The Balaban J connectivity index is 2.17. The molecular formula is C10H9NO. The summed E-state index contributed by atoms with van der Waals surface area (Å²) in [5.74, 6) is 0.901. The van der Waals surface area contributed by atoms with Gasteiger partial charge in [0.05, 0.1) is 12.0 Å². The van der Waals surface area contributed by atoms with Crippen molar-refractivity contribution in [3.8, 4) is 11.8 Å². The molecule has 1 aromatic carbocycles. The molecule has 0 aliphatic heterocycles. The lowest BCUT2D eigenvalue weighted by Gasteiger charge is -1.96. The second-order valence-electron chi connectivity index (χ2n) is 3.17. The van der Waals surface area contributed by atoms with Gasteiger partial charge in [-0.25, -0.2) is 0 Å². The molecule has 60 valence electrons. The van der Waals surface area contributed by atoms with Crippen molar-refractivity contribution in [3.05, 3.63) is 29.8 Å². The molecular weight excluding hydrogens is 150 g/mol. The fourth-order valence-corrected chi connectivity index (χ4v) is 1.43. The molecule has 0 aromatic heterocycles. The van der Waals surface area contributed by atoms with Crippen LogP contribution in [0.25, 0.3) is 0 Å². The predicted octanol–water partition coefficient (Wildman–Crippen LogP) is 2.02. The van der Waals surface area contributed by atoms with Gasteiger partial charge in [-0.3, -0.25) is 0 Å². The minimum Gasteiger partial charge on any atom is -0.508 e. The highest BCUT2D eigenvalue weighted by molar-refractivity contribution is 5.33. The number of rotatable bonds is 1. The summed E-state index contributed by atoms with van der Waals surface area (Å²) in [6.45, 7) is 0. The van der Waals surface area contributed by atoms with Gasteiger partial charge in [0.25, 0.3) is 0 Å². The lowest BCUT2D eigenvalue weighted by atomic mass is 10.1. The van der Waals surface area contributed by atoms with Crippen LogP contribution in [0.5, 0.6) is 5.75 Å². The van der Waals surface area contributed by atoms with Gasteiger partial charge in [0.15, 0.2) is 0 Å². The van der Waals surface area contributed by atoms with E-state index in [1.807, 2.05) is 12.1 Å². The Morgan fingerprint density at radius 3 is 2.50 bits per heavy atom. The van der Waals surface area contributed by atoms with E-state index in [-0.39, 0.29) is 11.7 Å². The van der Waals surface area contributed by atoms with Crippen molar-refractivity contribution < 1.29 is 5.11 Å². The number of nitrogens with zero attached hydrogens (tertiary/aromatic N) is 1. The normalized spacial score (nSPS) is 26.2. The Bertz CT molecular complexity index is 323. The summed E-state index contributed by atoms with van der Waals surface area (Å²) < 4.78 is 0. The van der Waals surface area contributed by atoms with Gasteiger partial charge < -0.3 is 5.11 Å². The molecule has 0 heterocycles. The van der Waals surface area contributed by atoms with Crippen LogP contribution in [0.1, 0.15) is 17.9 Å². The molecule has 12 heavy (non-hydrogen) atoms. The van der Waals surface area contributed by atoms with Crippen molar-refractivity contribution in [2.45, 2.75) is 12.3 Å². The van der Waals surface area contributed by atoms with E-state index in [0.717, 1.165) is 6.42 Å². The molecule has 0 spiro atoms. The Morgan fingerprint density at radius 1 is 1.33 bits per heavy atom. The Labute approximate surface area is 71.1 Å². The molecule has 0 bridgehead atoms. The summed E-state index contributed by atoms with van der Waals surface area (Å²) in [7, 11) is 0. The maximum absolute atomic E-state index is 9.02. The molecule has 2 rings (SSSR count). The molecule has 2 atom stereocenters. The number of hydrogen-bond acceptors (Lipinski definition) is 2. The minimum absolute atomic E-state index is 0.203. The highest BCUT2D eigenvalue weighted by Crippen LogP contribution is 2.46. The number of phenolic OH excluding ortho intramolecular Hbond substituents is 1. The van der Waals surface area contributed by atoms with Crippen LogP contribution in [0.15, 0.2) is 24.3 Å². The summed E-state index contributed by atoms with van der Waals surface area (Å²) in [5.41, 5.74) is 1.17. The van der Waals surface area contributed by atoms with Gasteiger partial charge >= 0.3 is 0 Å². The standard InChI is InChI=1S/C10H9NO/c11-6-8-5-10(8)7-1-3-9(12)4-2-7/h1-4,8,10,12H,5H2. The average Bonchev–Trinajstić information content (AvgIpc) is 2.85. The molecule has 1 aromatic rings. The van der Waals surface area contributed by atoms with E-state index < -0.39 is 0 Å². The maximum atomic E-state index is 9.02. The van der Waals surface area contributed by atoms with Crippen LogP contribution in [0.2, 0.25) is 0 Å². The van der Waals surface area contributed by atoms with Crippen LogP contribution >= 0.6 is 0 Å². The Morgan fingerprint density at radius 2 is 2.00 bits per heavy atom. The Hall–Kier alpha value is -1.49. The topological polar surface area (TPSA) is 44.0 Å². The summed E-state index contributed by atoms with van der Waals surface area (Å²) >= 11 is 0. The first kappa shape index (κ1) is 7.17. The van der Waals surface area contributed by atoms with Gasteiger partial charge in [-0.1, -0.05) is 12.1 Å². The van der Waals surface area contributed by atoms with Crippen LogP contribution in [0.3, 0.4) is 0 Å². The van der Waals surface area contributed by atoms with E-state index in [2.05, 4.69) is 6.07 Å². The third-order valence-electron chi connectivity index (χ3n) is 2.28. The molecule has 1 fully saturated rings. The van der Waals surface area contributed by atoms with Crippen LogP contribution in [0.4, 0.5) is 0 Å². The minimum atomic E-state index is 0.203. The van der Waals surface area contributed by atoms with E-state index in [4.69, 9.17) is 10.4 Å². The fraction of sp³-hybridized carbons (Fsp3) is 0.300. The van der Waals surface area contributed by atoms with Gasteiger partial charge in [0.1, 0.15) is 5.75 Å². The largest absolute Gasteiger partial charge is 0.508 e. The van der Waals surface area contributed by atoms with Gasteiger partial charge in [0.2, 0.25) is 0 Å². The van der Waals surface area contributed by atoms with Gasteiger partial charge in [-0.05, 0) is 24.1 Å². The van der Waals surface area contributed by atoms with E-state index in [9.17, 15) is 0 Å². The smallest absolute Gasteiger partial charge is 0.115 e. The zero-order valence-corrected chi connectivity index (χ0v) is 6.57. The highest BCUT2D eigenvalue weighted by atomic mass is 16.3. The van der Waals surface area contributed by atoms with Crippen molar-refractivity contribution in [3.63, 3.8) is 0 Å². The van der Waals surface area contributed by atoms with Crippen molar-refractivity contribution in [2.75, 3.05) is 0 Å². The zero-order valence-electron chi connectivity index (χ0n) is 6.57. The van der Waals surface area contributed by atoms with Gasteiger partial charge in [0, 0.05) is 5.92 Å². The molecule has 1 aliphatic carbocycles. The molecule has 2 nitrogen and oxygen atoms in total. The molecule has 0 saturated heterocycles. The first-order valence-corrected chi connectivity index (χ1v) is 4.00. The third kappa shape index (κ3) is 1.14. The second-order valence-corrected chi connectivity index (χ2v) is 3.17. The summed E-state index contributed by atoms with van der Waals surface area (Å²) in [6, 6.07) is 9.35. The number of benzene rings is 1. The van der Waals surface area contributed by atoms with Gasteiger partial charge in [-0.15, -0.1) is 0 Å². The molecule has 0 radical (unpaired) electrons. The van der Waals surface area contributed by atoms with E-state index in [1.54, 1.807) is 12.1 Å². The summed E-state index contributed by atoms with van der Waals surface area (Å²) in [6.07, 6.45) is 0.973. The van der Waals surface area contributed by atoms with Crippen LogP contribution in [-0.2, 0) is 0 Å². The average molecular weight is 159 g/mol. The van der Waals surface area contributed by atoms with Crippen molar-refractivity contribution in [2.24, 2.45) is 5.92 Å². The summed E-state index contributed by atoms with van der Waals surface area (Å²) in [5, 5.41) is 17.6. The van der Waals surface area contributed by atoms with E-state index >= 15 is 0 Å². The van der Waals surface area contributed by atoms with E-state index in [1.165, 1.54) is 5.56 Å². The first-order chi connectivity index (χ1) is 5.81. The Kier molecular flexibility index (Phi) is 1.51. The van der Waals surface area contributed by atoms with Crippen molar-refractivity contribution in [1.29, 1.82) is 5.26 Å². The molecule has 0 amide bonds. The van der Waals surface area contributed by atoms with E-state index in [0.29, 0.717) is 5.92 Å². The number of aromatic hydroxyl groups is 1. The first-order valence-electron chi connectivity index (χ1n) is 4.00. The van der Waals surface area contributed by atoms with Crippen LogP contribution in [0, 0.1) is 17.2 Å².